The van der Waals surface area contributed by atoms with Crippen LogP contribution in [0.2, 0.25) is 0 Å². The molecule has 2 aliphatic rings. The summed E-state index contributed by atoms with van der Waals surface area (Å²) >= 11 is 0. The van der Waals surface area contributed by atoms with Crippen LogP contribution in [-0.2, 0) is 11.3 Å². The number of hydrogen-bond acceptors (Lipinski definition) is 4. The first-order valence-corrected chi connectivity index (χ1v) is 10.4. The lowest BCUT2D eigenvalue weighted by atomic mass is 9.78. The van der Waals surface area contributed by atoms with Crippen LogP contribution in [0.15, 0.2) is 54.9 Å². The summed E-state index contributed by atoms with van der Waals surface area (Å²) in [4.78, 5) is 26.9. The van der Waals surface area contributed by atoms with Crippen molar-refractivity contribution in [2.75, 3.05) is 24.5 Å². The van der Waals surface area contributed by atoms with Crippen molar-refractivity contribution in [1.29, 1.82) is 0 Å². The zero-order valence-corrected chi connectivity index (χ0v) is 16.8. The predicted molar refractivity (Wildman–Crippen MR) is 115 cm³/mol. The summed E-state index contributed by atoms with van der Waals surface area (Å²) in [5.41, 5.74) is 3.08. The Morgan fingerprint density at radius 1 is 1.10 bits per heavy atom. The van der Waals surface area contributed by atoms with Gasteiger partial charge in [-0.3, -0.25) is 9.78 Å². The molecule has 1 spiro atoms. The van der Waals surface area contributed by atoms with Crippen molar-refractivity contribution in [2.45, 2.75) is 32.7 Å². The molecule has 0 N–H and O–H groups in total. The van der Waals surface area contributed by atoms with Gasteiger partial charge in [-0.25, -0.2) is 4.98 Å². The Labute approximate surface area is 171 Å². The van der Waals surface area contributed by atoms with Gasteiger partial charge in [0.2, 0.25) is 5.91 Å². The van der Waals surface area contributed by atoms with Gasteiger partial charge < -0.3 is 9.80 Å². The van der Waals surface area contributed by atoms with E-state index in [1.54, 1.807) is 6.20 Å². The van der Waals surface area contributed by atoms with E-state index in [4.69, 9.17) is 4.98 Å². The Bertz CT molecular complexity index is 1050. The van der Waals surface area contributed by atoms with Gasteiger partial charge in [-0.05, 0) is 55.5 Å². The molecule has 3 aromatic rings. The van der Waals surface area contributed by atoms with Crippen molar-refractivity contribution < 1.29 is 4.79 Å². The van der Waals surface area contributed by atoms with Crippen LogP contribution < -0.4 is 4.90 Å². The van der Waals surface area contributed by atoms with Gasteiger partial charge in [0.1, 0.15) is 5.82 Å². The molecule has 5 rings (SSSR count). The number of pyridine rings is 2. The van der Waals surface area contributed by atoms with E-state index < -0.39 is 0 Å². The Kier molecular flexibility index (Phi) is 4.46. The van der Waals surface area contributed by atoms with Gasteiger partial charge in [-0.15, -0.1) is 0 Å². The molecule has 5 nitrogen and oxygen atoms in total. The van der Waals surface area contributed by atoms with Gasteiger partial charge in [0, 0.05) is 44.0 Å². The van der Waals surface area contributed by atoms with E-state index in [1.807, 2.05) is 29.3 Å². The molecule has 2 fully saturated rings. The molecule has 148 valence electrons. The lowest BCUT2D eigenvalue weighted by Crippen LogP contribution is -2.49. The third kappa shape index (κ3) is 3.24. The zero-order chi connectivity index (χ0) is 19.8. The standard InChI is InChI=1S/C24H26N4O/c1-18-14-22(26-21-8-3-2-7-20(18)21)28-13-10-24(17-28)9-5-12-27(23(24)29)16-19-6-4-11-25-15-19/h2-4,6-8,11,14-15H,5,9-10,12-13,16-17H2,1H3/t24-/m0/s1. The molecule has 0 aliphatic carbocycles. The Balaban J connectivity index is 1.38. The average molecular weight is 386 g/mol. The highest BCUT2D eigenvalue weighted by Gasteiger charge is 2.48. The maximum atomic E-state index is 13.5. The smallest absolute Gasteiger partial charge is 0.230 e. The van der Waals surface area contributed by atoms with Crippen LogP contribution in [0.4, 0.5) is 5.82 Å². The molecule has 4 heterocycles. The summed E-state index contributed by atoms with van der Waals surface area (Å²) in [7, 11) is 0. The number of nitrogens with zero attached hydrogens (tertiary/aromatic N) is 4. The molecule has 0 saturated carbocycles. The highest BCUT2D eigenvalue weighted by Crippen LogP contribution is 2.42. The number of aryl methyl sites for hydroxylation is 1. The van der Waals surface area contributed by atoms with E-state index >= 15 is 0 Å². The summed E-state index contributed by atoms with van der Waals surface area (Å²) in [5, 5.41) is 1.20. The van der Waals surface area contributed by atoms with E-state index in [1.165, 1.54) is 10.9 Å². The second kappa shape index (κ2) is 7.14. The van der Waals surface area contributed by atoms with Gasteiger partial charge in [-0.2, -0.15) is 0 Å². The molecule has 1 atom stereocenters. The predicted octanol–water partition coefficient (Wildman–Crippen LogP) is 3.96. The summed E-state index contributed by atoms with van der Waals surface area (Å²) in [6.45, 7) is 5.28. The van der Waals surface area contributed by atoms with E-state index in [0.717, 1.165) is 55.8 Å². The van der Waals surface area contributed by atoms with E-state index in [0.29, 0.717) is 12.5 Å². The molecule has 0 radical (unpaired) electrons. The van der Waals surface area contributed by atoms with Gasteiger partial charge in [-0.1, -0.05) is 24.3 Å². The molecular formula is C24H26N4O. The summed E-state index contributed by atoms with van der Waals surface area (Å²) in [6, 6.07) is 14.4. The minimum Gasteiger partial charge on any atom is -0.355 e. The van der Waals surface area contributed by atoms with E-state index in [-0.39, 0.29) is 5.41 Å². The SMILES string of the molecule is Cc1cc(N2CC[C@@]3(CCCN(Cc4cccnc4)C3=O)C2)nc2ccccc12. The number of carbonyl (C=O) groups excluding carboxylic acids is 1. The number of aromatic nitrogens is 2. The number of hydrogen-bond donors (Lipinski definition) is 0. The fourth-order valence-electron chi connectivity index (χ4n) is 4.96. The maximum absolute atomic E-state index is 13.5. The first-order valence-electron chi connectivity index (χ1n) is 10.4. The van der Waals surface area contributed by atoms with Gasteiger partial charge >= 0.3 is 0 Å². The monoisotopic (exact) mass is 386 g/mol. The molecular weight excluding hydrogens is 360 g/mol. The molecule has 2 saturated heterocycles. The largest absolute Gasteiger partial charge is 0.355 e. The number of anilines is 1. The number of benzene rings is 1. The van der Waals surface area contributed by atoms with Gasteiger partial charge in [0.05, 0.1) is 10.9 Å². The normalized spacial score (nSPS) is 22.0. The topological polar surface area (TPSA) is 49.3 Å². The van der Waals surface area contributed by atoms with Crippen LogP contribution in [0.5, 0.6) is 0 Å². The molecule has 2 aliphatic heterocycles. The van der Waals surface area contributed by atoms with E-state index in [9.17, 15) is 4.79 Å². The molecule has 1 amide bonds. The summed E-state index contributed by atoms with van der Waals surface area (Å²) in [5.74, 6) is 1.29. The van der Waals surface area contributed by atoms with Crippen molar-refractivity contribution in [3.8, 4) is 0 Å². The van der Waals surface area contributed by atoms with E-state index in [2.05, 4.69) is 41.1 Å². The molecule has 0 unspecified atom stereocenters. The number of fused-ring (bicyclic) bond motifs is 1. The number of carbonyl (C=O) groups is 1. The second-order valence-electron chi connectivity index (χ2n) is 8.46. The van der Waals surface area contributed by atoms with Crippen molar-refractivity contribution >= 4 is 22.6 Å². The zero-order valence-electron chi connectivity index (χ0n) is 16.8. The molecule has 1 aromatic carbocycles. The van der Waals surface area contributed by atoms with Crippen LogP contribution in [0.3, 0.4) is 0 Å². The maximum Gasteiger partial charge on any atom is 0.230 e. The van der Waals surface area contributed by atoms with Gasteiger partial charge in [0.25, 0.3) is 0 Å². The first kappa shape index (κ1) is 18.1. The van der Waals surface area contributed by atoms with Crippen LogP contribution in [-0.4, -0.2) is 40.4 Å². The van der Waals surface area contributed by atoms with Crippen LogP contribution in [0.25, 0.3) is 10.9 Å². The van der Waals surface area contributed by atoms with Crippen LogP contribution >= 0.6 is 0 Å². The van der Waals surface area contributed by atoms with Crippen molar-refractivity contribution in [3.05, 3.63) is 66.0 Å². The fourth-order valence-corrected chi connectivity index (χ4v) is 4.96. The van der Waals surface area contributed by atoms with Crippen molar-refractivity contribution in [1.82, 2.24) is 14.9 Å². The molecule has 29 heavy (non-hydrogen) atoms. The van der Waals surface area contributed by atoms with Crippen LogP contribution in [0.1, 0.15) is 30.4 Å². The minimum absolute atomic E-state index is 0.276. The molecule has 2 aromatic heterocycles. The number of likely N-dealkylation sites (tertiary alicyclic amines) is 1. The fraction of sp³-hybridized carbons (Fsp3) is 0.375. The quantitative estimate of drug-likeness (QED) is 0.684. The lowest BCUT2D eigenvalue weighted by Gasteiger charge is -2.39. The summed E-state index contributed by atoms with van der Waals surface area (Å²) in [6.07, 6.45) is 6.57. The first-order chi connectivity index (χ1) is 14.1. The minimum atomic E-state index is -0.276. The Morgan fingerprint density at radius 3 is 2.86 bits per heavy atom. The van der Waals surface area contributed by atoms with Crippen molar-refractivity contribution in [2.24, 2.45) is 5.41 Å². The highest BCUT2D eigenvalue weighted by molar-refractivity contribution is 5.86. The number of amides is 1. The Hall–Kier alpha value is -2.95. The molecule has 0 bridgehead atoms. The number of para-hydroxylation sites is 1. The Morgan fingerprint density at radius 2 is 2.00 bits per heavy atom. The van der Waals surface area contributed by atoms with Crippen LogP contribution in [0, 0.1) is 12.3 Å². The number of rotatable bonds is 3. The summed E-state index contributed by atoms with van der Waals surface area (Å²) < 4.78 is 0. The third-order valence-electron chi connectivity index (χ3n) is 6.51. The average Bonchev–Trinajstić information content (AvgIpc) is 3.17. The lowest BCUT2D eigenvalue weighted by molar-refractivity contribution is -0.145. The molecule has 5 heteroatoms. The van der Waals surface area contributed by atoms with Gasteiger partial charge in [0.15, 0.2) is 0 Å². The van der Waals surface area contributed by atoms with Crippen molar-refractivity contribution in [3.63, 3.8) is 0 Å². The number of piperidine rings is 1. The third-order valence-corrected chi connectivity index (χ3v) is 6.51. The highest BCUT2D eigenvalue weighted by atomic mass is 16.2. The second-order valence-corrected chi connectivity index (χ2v) is 8.46.